The zero-order valence-corrected chi connectivity index (χ0v) is 9.53. The Hall–Kier alpha value is -2.63. The Kier molecular flexibility index (Phi) is 3.38. The van der Waals surface area contributed by atoms with E-state index in [1.807, 2.05) is 0 Å². The van der Waals surface area contributed by atoms with Gasteiger partial charge in [0.25, 0.3) is 0 Å². The number of rotatable bonds is 4. The Bertz CT molecular complexity index is 572. The summed E-state index contributed by atoms with van der Waals surface area (Å²) in [6.45, 7) is 0. The topological polar surface area (TPSA) is 81.5 Å². The van der Waals surface area contributed by atoms with Crippen LogP contribution in [-0.4, -0.2) is 28.2 Å². The van der Waals surface area contributed by atoms with Gasteiger partial charge in [-0.15, -0.1) is 0 Å². The highest BCUT2D eigenvalue weighted by molar-refractivity contribution is 5.88. The average molecular weight is 246 g/mol. The fourth-order valence-corrected chi connectivity index (χ4v) is 1.31. The molecule has 2 heterocycles. The van der Waals surface area contributed by atoms with E-state index in [-0.39, 0.29) is 17.3 Å². The smallest absolute Gasteiger partial charge is 0.358 e. The number of aromatic carboxylic acids is 1. The van der Waals surface area contributed by atoms with Crippen LogP contribution in [0.15, 0.2) is 36.5 Å². The van der Waals surface area contributed by atoms with E-state index >= 15 is 0 Å². The van der Waals surface area contributed by atoms with Crippen molar-refractivity contribution in [3.05, 3.63) is 42.2 Å². The fraction of sp³-hybridized carbons (Fsp3) is 0.0833. The Balaban J connectivity index is 2.31. The second-order valence-corrected chi connectivity index (χ2v) is 3.28. The predicted molar refractivity (Wildman–Crippen MR) is 62.1 cm³/mol. The van der Waals surface area contributed by atoms with Crippen molar-refractivity contribution in [3.63, 3.8) is 0 Å². The standard InChI is InChI=1S/C12H10N2O4/c1-17-9-5-2-6-10(14-9)18-8-4-3-7-13-11(8)12(15)16/h2-7H,1H3,(H,15,16). The summed E-state index contributed by atoms with van der Waals surface area (Å²) in [6.07, 6.45) is 1.38. The number of hydrogen-bond donors (Lipinski definition) is 1. The van der Waals surface area contributed by atoms with Crippen molar-refractivity contribution in [1.82, 2.24) is 9.97 Å². The zero-order chi connectivity index (χ0) is 13.0. The van der Waals surface area contributed by atoms with Gasteiger partial charge in [0, 0.05) is 18.3 Å². The molecule has 0 aliphatic rings. The monoisotopic (exact) mass is 246 g/mol. The molecule has 0 bridgehead atoms. The highest BCUT2D eigenvalue weighted by atomic mass is 16.5. The molecule has 0 saturated carbocycles. The first-order valence-electron chi connectivity index (χ1n) is 5.08. The zero-order valence-electron chi connectivity index (χ0n) is 9.53. The van der Waals surface area contributed by atoms with Gasteiger partial charge in [-0.25, -0.2) is 9.78 Å². The number of hydrogen-bond acceptors (Lipinski definition) is 5. The van der Waals surface area contributed by atoms with Gasteiger partial charge in [-0.05, 0) is 12.1 Å². The minimum atomic E-state index is -1.16. The summed E-state index contributed by atoms with van der Waals surface area (Å²) >= 11 is 0. The summed E-state index contributed by atoms with van der Waals surface area (Å²) in [5, 5.41) is 8.96. The molecule has 18 heavy (non-hydrogen) atoms. The molecule has 0 aromatic carbocycles. The highest BCUT2D eigenvalue weighted by Crippen LogP contribution is 2.23. The van der Waals surface area contributed by atoms with E-state index in [9.17, 15) is 4.79 Å². The van der Waals surface area contributed by atoms with E-state index < -0.39 is 5.97 Å². The first-order valence-corrected chi connectivity index (χ1v) is 5.08. The average Bonchev–Trinajstić information content (AvgIpc) is 2.39. The van der Waals surface area contributed by atoms with E-state index in [2.05, 4.69) is 9.97 Å². The van der Waals surface area contributed by atoms with Gasteiger partial charge in [0.1, 0.15) is 0 Å². The molecular formula is C12H10N2O4. The summed E-state index contributed by atoms with van der Waals surface area (Å²) in [5.41, 5.74) is -0.165. The second-order valence-electron chi connectivity index (χ2n) is 3.28. The van der Waals surface area contributed by atoms with Gasteiger partial charge >= 0.3 is 5.97 Å². The van der Waals surface area contributed by atoms with Crippen LogP contribution in [-0.2, 0) is 0 Å². The fourth-order valence-electron chi connectivity index (χ4n) is 1.31. The lowest BCUT2D eigenvalue weighted by molar-refractivity contribution is 0.0687. The minimum absolute atomic E-state index is 0.130. The molecule has 0 saturated heterocycles. The number of carboxylic acids is 1. The molecule has 0 unspecified atom stereocenters. The first-order chi connectivity index (χ1) is 8.70. The molecule has 0 amide bonds. The third kappa shape index (κ3) is 2.54. The molecular weight excluding hydrogens is 236 g/mol. The van der Waals surface area contributed by atoms with E-state index in [0.717, 1.165) is 0 Å². The summed E-state index contributed by atoms with van der Waals surface area (Å²) in [7, 11) is 1.48. The molecule has 2 aromatic heterocycles. The van der Waals surface area contributed by atoms with Crippen molar-refractivity contribution in [2.75, 3.05) is 7.11 Å². The number of pyridine rings is 2. The molecule has 0 aliphatic heterocycles. The van der Waals surface area contributed by atoms with Crippen LogP contribution in [0.4, 0.5) is 0 Å². The first kappa shape index (κ1) is 11.8. The molecule has 0 fully saturated rings. The van der Waals surface area contributed by atoms with Gasteiger partial charge in [-0.3, -0.25) is 0 Å². The lowest BCUT2D eigenvalue weighted by Crippen LogP contribution is -2.03. The van der Waals surface area contributed by atoms with E-state index in [4.69, 9.17) is 14.6 Å². The normalized spacial score (nSPS) is 9.83. The summed E-state index contributed by atoms with van der Waals surface area (Å²) in [4.78, 5) is 18.7. The van der Waals surface area contributed by atoms with E-state index in [0.29, 0.717) is 5.88 Å². The molecule has 92 valence electrons. The SMILES string of the molecule is COc1cccc(Oc2cccnc2C(=O)O)n1. The van der Waals surface area contributed by atoms with Crippen molar-refractivity contribution < 1.29 is 19.4 Å². The number of methoxy groups -OCH3 is 1. The molecule has 0 radical (unpaired) electrons. The van der Waals surface area contributed by atoms with Gasteiger partial charge in [-0.1, -0.05) is 6.07 Å². The van der Waals surface area contributed by atoms with Crippen LogP contribution in [0.1, 0.15) is 10.5 Å². The molecule has 0 atom stereocenters. The van der Waals surface area contributed by atoms with Crippen molar-refractivity contribution in [3.8, 4) is 17.5 Å². The Morgan fingerprint density at radius 3 is 2.72 bits per heavy atom. The van der Waals surface area contributed by atoms with Crippen LogP contribution in [0.3, 0.4) is 0 Å². The minimum Gasteiger partial charge on any atom is -0.481 e. The molecule has 6 nitrogen and oxygen atoms in total. The molecule has 2 rings (SSSR count). The number of carbonyl (C=O) groups is 1. The highest BCUT2D eigenvalue weighted by Gasteiger charge is 2.13. The maximum absolute atomic E-state index is 10.9. The van der Waals surface area contributed by atoms with E-state index in [1.165, 1.54) is 19.4 Å². The van der Waals surface area contributed by atoms with Crippen LogP contribution in [0.5, 0.6) is 17.5 Å². The Morgan fingerprint density at radius 1 is 1.22 bits per heavy atom. The van der Waals surface area contributed by atoms with Crippen LogP contribution in [0.25, 0.3) is 0 Å². The Morgan fingerprint density at radius 2 is 2.00 bits per heavy atom. The van der Waals surface area contributed by atoms with Crippen molar-refractivity contribution in [2.45, 2.75) is 0 Å². The number of carboxylic acid groups (broad SMARTS) is 1. The summed E-state index contributed by atoms with van der Waals surface area (Å²) in [6, 6.07) is 8.05. The molecule has 0 aliphatic carbocycles. The third-order valence-corrected chi connectivity index (χ3v) is 2.09. The predicted octanol–water partition coefficient (Wildman–Crippen LogP) is 1.98. The van der Waals surface area contributed by atoms with Crippen LogP contribution in [0.2, 0.25) is 0 Å². The second kappa shape index (κ2) is 5.13. The molecule has 0 spiro atoms. The quantitative estimate of drug-likeness (QED) is 0.888. The van der Waals surface area contributed by atoms with Crippen molar-refractivity contribution in [1.29, 1.82) is 0 Å². The van der Waals surface area contributed by atoms with Gasteiger partial charge in [0.05, 0.1) is 7.11 Å². The lowest BCUT2D eigenvalue weighted by atomic mass is 10.3. The maximum atomic E-state index is 10.9. The largest absolute Gasteiger partial charge is 0.481 e. The number of aromatic nitrogens is 2. The van der Waals surface area contributed by atoms with Crippen molar-refractivity contribution in [2.24, 2.45) is 0 Å². The van der Waals surface area contributed by atoms with Gasteiger partial charge in [0.2, 0.25) is 11.8 Å². The van der Waals surface area contributed by atoms with Gasteiger partial charge in [0.15, 0.2) is 11.4 Å². The molecule has 1 N–H and O–H groups in total. The van der Waals surface area contributed by atoms with Crippen LogP contribution < -0.4 is 9.47 Å². The number of nitrogens with zero attached hydrogens (tertiary/aromatic N) is 2. The third-order valence-electron chi connectivity index (χ3n) is 2.09. The van der Waals surface area contributed by atoms with E-state index in [1.54, 1.807) is 24.3 Å². The maximum Gasteiger partial charge on any atom is 0.358 e. The number of ether oxygens (including phenoxy) is 2. The summed E-state index contributed by atoms with van der Waals surface area (Å²) < 4.78 is 10.3. The van der Waals surface area contributed by atoms with Crippen LogP contribution >= 0.6 is 0 Å². The summed E-state index contributed by atoms with van der Waals surface area (Å²) in [5.74, 6) is -0.405. The van der Waals surface area contributed by atoms with Gasteiger partial charge < -0.3 is 14.6 Å². The Labute approximate surface area is 103 Å². The van der Waals surface area contributed by atoms with Gasteiger partial charge in [-0.2, -0.15) is 4.98 Å². The van der Waals surface area contributed by atoms with Crippen molar-refractivity contribution >= 4 is 5.97 Å². The lowest BCUT2D eigenvalue weighted by Gasteiger charge is -2.07. The molecule has 2 aromatic rings. The van der Waals surface area contributed by atoms with Crippen LogP contribution in [0, 0.1) is 0 Å². The molecule has 6 heteroatoms.